The van der Waals surface area contributed by atoms with Gasteiger partial charge >= 0.3 is 0 Å². The molecule has 2 aromatic heterocycles. The molecule has 2 aliphatic rings. The smallest absolute Gasteiger partial charge is 0.161 e. The molecule has 198 valence electrons. The van der Waals surface area contributed by atoms with Gasteiger partial charge in [0.1, 0.15) is 24.2 Å². The van der Waals surface area contributed by atoms with Gasteiger partial charge in [0.25, 0.3) is 0 Å². The highest BCUT2D eigenvalue weighted by Gasteiger charge is 2.28. The number of nitriles is 1. The first-order valence-electron chi connectivity index (χ1n) is 13.1. The lowest BCUT2D eigenvalue weighted by Crippen LogP contribution is -2.56. The number of rotatable bonds is 9. The number of aromatic nitrogens is 4. The van der Waals surface area contributed by atoms with Gasteiger partial charge in [-0.25, -0.2) is 15.0 Å². The Labute approximate surface area is 227 Å². The molecule has 4 aromatic rings. The van der Waals surface area contributed by atoms with Crippen LogP contribution in [0.4, 0.5) is 17.2 Å². The van der Waals surface area contributed by atoms with E-state index in [-0.39, 0.29) is 0 Å². The fourth-order valence-electron chi connectivity index (χ4n) is 4.81. The van der Waals surface area contributed by atoms with E-state index in [1.54, 1.807) is 30.9 Å². The van der Waals surface area contributed by atoms with Crippen molar-refractivity contribution in [2.45, 2.75) is 12.6 Å². The Morgan fingerprint density at radius 1 is 1.03 bits per heavy atom. The minimum atomic E-state index is 0.436. The van der Waals surface area contributed by atoms with Crippen LogP contribution in [0.1, 0.15) is 5.56 Å². The van der Waals surface area contributed by atoms with Crippen molar-refractivity contribution in [3.05, 3.63) is 79.0 Å². The maximum Gasteiger partial charge on any atom is 0.161 e. The number of nitrogens with one attached hydrogen (secondary N) is 1. The number of hydrogen-bond acceptors (Lipinski definition) is 9. The second-order valence-corrected chi connectivity index (χ2v) is 9.62. The Bertz CT molecular complexity index is 1420. The van der Waals surface area contributed by atoms with Crippen molar-refractivity contribution in [3.63, 3.8) is 0 Å². The molecule has 10 nitrogen and oxygen atoms in total. The van der Waals surface area contributed by atoms with Gasteiger partial charge in [-0.05, 0) is 48.5 Å². The number of ether oxygens (including phenoxy) is 2. The number of benzene rings is 2. The normalized spacial score (nSPS) is 15.9. The second-order valence-electron chi connectivity index (χ2n) is 9.62. The van der Waals surface area contributed by atoms with Gasteiger partial charge in [0, 0.05) is 61.7 Å². The SMILES string of the molecule is N#Cc1cc(-c2nccc(Nc3ccc(N4CCN(C5COC5)CC4)cc3)n2)ccc1OCCn1ccnc1. The molecule has 2 aliphatic heterocycles. The quantitative estimate of drug-likeness (QED) is 0.353. The number of nitrogens with zero attached hydrogens (tertiary/aromatic N) is 7. The zero-order valence-corrected chi connectivity index (χ0v) is 21.6. The van der Waals surface area contributed by atoms with E-state index in [1.807, 2.05) is 22.9 Å². The number of imidazole rings is 1. The maximum absolute atomic E-state index is 9.68. The van der Waals surface area contributed by atoms with Crippen LogP contribution in [0.2, 0.25) is 0 Å². The molecule has 1 N–H and O–H groups in total. The maximum atomic E-state index is 9.68. The predicted octanol–water partition coefficient (Wildman–Crippen LogP) is 3.56. The third-order valence-corrected chi connectivity index (χ3v) is 7.14. The molecule has 6 rings (SSSR count). The minimum Gasteiger partial charge on any atom is -0.490 e. The lowest BCUT2D eigenvalue weighted by Gasteiger charge is -2.43. The van der Waals surface area contributed by atoms with Gasteiger partial charge in [0.2, 0.25) is 0 Å². The summed E-state index contributed by atoms with van der Waals surface area (Å²) in [4.78, 5) is 18.1. The molecular weight excluding hydrogens is 492 g/mol. The van der Waals surface area contributed by atoms with Gasteiger partial charge in [0.05, 0.1) is 37.7 Å². The van der Waals surface area contributed by atoms with Gasteiger partial charge in [-0.15, -0.1) is 0 Å². The van der Waals surface area contributed by atoms with E-state index in [1.165, 1.54) is 5.69 Å². The topological polar surface area (TPSA) is 104 Å². The molecule has 0 bridgehead atoms. The monoisotopic (exact) mass is 522 g/mol. The molecule has 0 amide bonds. The average Bonchev–Trinajstić information content (AvgIpc) is 3.47. The molecule has 0 saturated carbocycles. The number of anilines is 3. The molecule has 39 heavy (non-hydrogen) atoms. The van der Waals surface area contributed by atoms with Gasteiger partial charge in [0.15, 0.2) is 5.82 Å². The average molecular weight is 523 g/mol. The van der Waals surface area contributed by atoms with E-state index in [4.69, 9.17) is 9.47 Å². The highest BCUT2D eigenvalue weighted by molar-refractivity contribution is 5.65. The highest BCUT2D eigenvalue weighted by atomic mass is 16.5. The molecule has 0 unspecified atom stereocenters. The summed E-state index contributed by atoms with van der Waals surface area (Å²) in [5.41, 5.74) is 3.37. The lowest BCUT2D eigenvalue weighted by atomic mass is 10.1. The number of hydrogen-bond donors (Lipinski definition) is 1. The van der Waals surface area contributed by atoms with Crippen LogP contribution in [0.5, 0.6) is 5.75 Å². The Balaban J connectivity index is 1.07. The van der Waals surface area contributed by atoms with Gasteiger partial charge in [-0.2, -0.15) is 5.26 Å². The van der Waals surface area contributed by atoms with Crippen molar-refractivity contribution < 1.29 is 9.47 Å². The summed E-state index contributed by atoms with van der Waals surface area (Å²) < 4.78 is 13.1. The van der Waals surface area contributed by atoms with Gasteiger partial charge in [-0.3, -0.25) is 4.90 Å². The molecule has 2 saturated heterocycles. The standard InChI is InChI=1S/C29H30N8O2/c30-18-23-17-22(1-6-27(23)39-16-15-35-10-9-31-21-35)29-32-8-7-28(34-29)33-24-2-4-25(5-3-24)36-11-13-37(14-12-36)26-19-38-20-26/h1-10,17,21,26H,11-16,19-20H2,(H,32,33,34). The van der Waals surface area contributed by atoms with Crippen LogP contribution in [0.3, 0.4) is 0 Å². The van der Waals surface area contributed by atoms with E-state index in [0.29, 0.717) is 42.1 Å². The first kappa shape index (κ1) is 24.9. The van der Waals surface area contributed by atoms with Gasteiger partial charge < -0.3 is 24.3 Å². The Morgan fingerprint density at radius 3 is 2.59 bits per heavy atom. The van der Waals surface area contributed by atoms with Crippen LogP contribution < -0.4 is 15.0 Å². The molecule has 2 fully saturated rings. The lowest BCUT2D eigenvalue weighted by molar-refractivity contribution is -0.0660. The molecule has 0 atom stereocenters. The number of piperazine rings is 1. The van der Waals surface area contributed by atoms with E-state index in [9.17, 15) is 5.26 Å². The fraction of sp³-hybridized carbons (Fsp3) is 0.310. The summed E-state index contributed by atoms with van der Waals surface area (Å²) in [5.74, 6) is 1.75. The molecule has 0 radical (unpaired) electrons. The van der Waals surface area contributed by atoms with E-state index in [2.05, 4.69) is 60.4 Å². The second kappa shape index (κ2) is 11.5. The summed E-state index contributed by atoms with van der Waals surface area (Å²) in [5, 5.41) is 13.1. The van der Waals surface area contributed by atoms with Crippen LogP contribution in [-0.4, -0.2) is 76.5 Å². The summed E-state index contributed by atoms with van der Waals surface area (Å²) in [7, 11) is 0. The Morgan fingerprint density at radius 2 is 1.87 bits per heavy atom. The third kappa shape index (κ3) is 5.85. The summed E-state index contributed by atoms with van der Waals surface area (Å²) in [6, 6.07) is 18.5. The van der Waals surface area contributed by atoms with Crippen molar-refractivity contribution >= 4 is 17.2 Å². The first-order valence-corrected chi connectivity index (χ1v) is 13.1. The largest absolute Gasteiger partial charge is 0.490 e. The molecule has 2 aromatic carbocycles. The van der Waals surface area contributed by atoms with Crippen molar-refractivity contribution in [2.75, 3.05) is 56.2 Å². The van der Waals surface area contributed by atoms with Crippen LogP contribution in [0.15, 0.2) is 73.4 Å². The predicted molar refractivity (Wildman–Crippen MR) is 148 cm³/mol. The highest BCUT2D eigenvalue weighted by Crippen LogP contribution is 2.27. The minimum absolute atomic E-state index is 0.436. The zero-order chi connectivity index (χ0) is 26.4. The van der Waals surface area contributed by atoms with Crippen molar-refractivity contribution in [1.82, 2.24) is 24.4 Å². The molecule has 0 spiro atoms. The Kier molecular flexibility index (Phi) is 7.34. The van der Waals surface area contributed by atoms with Crippen molar-refractivity contribution in [1.29, 1.82) is 5.26 Å². The van der Waals surface area contributed by atoms with Crippen molar-refractivity contribution in [3.8, 4) is 23.2 Å². The third-order valence-electron chi connectivity index (χ3n) is 7.14. The van der Waals surface area contributed by atoms with Crippen LogP contribution in [-0.2, 0) is 11.3 Å². The van der Waals surface area contributed by atoms with E-state index in [0.717, 1.165) is 50.6 Å². The molecular formula is C29H30N8O2. The summed E-state index contributed by atoms with van der Waals surface area (Å²) in [6.07, 6.45) is 7.05. The summed E-state index contributed by atoms with van der Waals surface area (Å²) >= 11 is 0. The molecule has 0 aliphatic carbocycles. The molecule has 10 heteroatoms. The first-order chi connectivity index (χ1) is 19.2. The summed E-state index contributed by atoms with van der Waals surface area (Å²) in [6.45, 7) is 7.03. The Hall–Kier alpha value is -4.46. The van der Waals surface area contributed by atoms with E-state index < -0.39 is 0 Å². The van der Waals surface area contributed by atoms with E-state index >= 15 is 0 Å². The van der Waals surface area contributed by atoms with Crippen LogP contribution in [0.25, 0.3) is 11.4 Å². The van der Waals surface area contributed by atoms with Crippen LogP contribution >= 0.6 is 0 Å². The van der Waals surface area contributed by atoms with Crippen molar-refractivity contribution in [2.24, 2.45) is 0 Å². The molecule has 4 heterocycles. The zero-order valence-electron chi connectivity index (χ0n) is 21.6. The van der Waals surface area contributed by atoms with Gasteiger partial charge in [-0.1, -0.05) is 0 Å². The van der Waals surface area contributed by atoms with Crippen LogP contribution in [0, 0.1) is 11.3 Å². The fourth-order valence-corrected chi connectivity index (χ4v) is 4.81.